The number of thioether (sulfide) groups is 1. The minimum absolute atomic E-state index is 0.220. The summed E-state index contributed by atoms with van der Waals surface area (Å²) in [5, 5.41) is 3.44. The lowest BCUT2D eigenvalue weighted by atomic mass is 9.89. The lowest BCUT2D eigenvalue weighted by molar-refractivity contribution is 0.0996. The van der Waals surface area contributed by atoms with Crippen LogP contribution in [0.25, 0.3) is 0 Å². The Hall–Kier alpha value is -2.28. The van der Waals surface area contributed by atoms with Crippen molar-refractivity contribution in [2.24, 2.45) is 10.7 Å². The van der Waals surface area contributed by atoms with Gasteiger partial charge in [0.25, 0.3) is 5.91 Å². The van der Waals surface area contributed by atoms with Crippen LogP contribution in [0.15, 0.2) is 40.1 Å². The Morgan fingerprint density at radius 3 is 3.00 bits per heavy atom. The SMILES string of the molecule is Cc1ncoc1C(=O)Nc1cccc([C@]2(C)CCSC(N)=N2)c1. The molecule has 6 nitrogen and oxygen atoms in total. The van der Waals surface area contributed by atoms with Crippen molar-refractivity contribution in [3.8, 4) is 0 Å². The van der Waals surface area contributed by atoms with E-state index >= 15 is 0 Å². The second kappa shape index (κ2) is 6.08. The van der Waals surface area contributed by atoms with Crippen molar-refractivity contribution >= 4 is 28.5 Å². The van der Waals surface area contributed by atoms with E-state index in [-0.39, 0.29) is 17.2 Å². The first-order valence-electron chi connectivity index (χ1n) is 7.28. The maximum atomic E-state index is 12.2. The van der Waals surface area contributed by atoms with Crippen molar-refractivity contribution in [2.75, 3.05) is 11.1 Å². The van der Waals surface area contributed by atoms with Crippen molar-refractivity contribution in [3.63, 3.8) is 0 Å². The summed E-state index contributed by atoms with van der Waals surface area (Å²) in [6.45, 7) is 3.79. The van der Waals surface area contributed by atoms with Crippen LogP contribution in [-0.2, 0) is 5.54 Å². The molecule has 0 radical (unpaired) electrons. The number of nitrogens with one attached hydrogen (secondary N) is 1. The summed E-state index contributed by atoms with van der Waals surface area (Å²) in [5.74, 6) is 0.835. The number of carbonyl (C=O) groups excluding carboxylic acids is 1. The molecule has 1 aromatic heterocycles. The highest BCUT2D eigenvalue weighted by Gasteiger charge is 2.29. The van der Waals surface area contributed by atoms with E-state index in [1.54, 1.807) is 18.7 Å². The molecule has 1 aliphatic heterocycles. The number of aliphatic imine (C=N–C) groups is 1. The van der Waals surface area contributed by atoms with Crippen LogP contribution in [0.5, 0.6) is 0 Å². The number of hydrogen-bond acceptors (Lipinski definition) is 6. The number of aryl methyl sites for hydroxylation is 1. The third-order valence-corrected chi connectivity index (χ3v) is 4.69. The van der Waals surface area contributed by atoms with Crippen molar-refractivity contribution in [1.82, 2.24) is 4.98 Å². The van der Waals surface area contributed by atoms with Gasteiger partial charge in [0.15, 0.2) is 11.6 Å². The first-order chi connectivity index (χ1) is 11.0. The second-order valence-electron chi connectivity index (χ2n) is 5.62. The van der Waals surface area contributed by atoms with Crippen LogP contribution in [-0.4, -0.2) is 21.8 Å². The zero-order valence-electron chi connectivity index (χ0n) is 13.0. The van der Waals surface area contributed by atoms with Gasteiger partial charge < -0.3 is 15.5 Å². The predicted octanol–water partition coefficient (Wildman–Crippen LogP) is 2.90. The van der Waals surface area contributed by atoms with Crippen LogP contribution in [0.3, 0.4) is 0 Å². The maximum absolute atomic E-state index is 12.2. The summed E-state index contributed by atoms with van der Waals surface area (Å²) in [6, 6.07) is 7.66. The molecule has 1 aliphatic rings. The van der Waals surface area contributed by atoms with Gasteiger partial charge in [-0.2, -0.15) is 0 Å². The largest absolute Gasteiger partial charge is 0.438 e. The number of amidine groups is 1. The molecule has 0 saturated carbocycles. The van der Waals surface area contributed by atoms with Gasteiger partial charge in [-0.25, -0.2) is 4.98 Å². The van der Waals surface area contributed by atoms with E-state index in [2.05, 4.69) is 22.2 Å². The normalized spacial score (nSPS) is 20.9. The second-order valence-corrected chi connectivity index (χ2v) is 6.74. The molecule has 0 aliphatic carbocycles. The Balaban J connectivity index is 1.85. The summed E-state index contributed by atoms with van der Waals surface area (Å²) in [7, 11) is 0. The molecule has 120 valence electrons. The van der Waals surface area contributed by atoms with Crippen molar-refractivity contribution in [2.45, 2.75) is 25.8 Å². The fraction of sp³-hybridized carbons (Fsp3) is 0.312. The average molecular weight is 330 g/mol. The maximum Gasteiger partial charge on any atom is 0.293 e. The molecule has 3 N–H and O–H groups in total. The van der Waals surface area contributed by atoms with Crippen LogP contribution in [0.1, 0.15) is 35.2 Å². The lowest BCUT2D eigenvalue weighted by Crippen LogP contribution is -2.28. The molecule has 1 atom stereocenters. The number of benzene rings is 1. The quantitative estimate of drug-likeness (QED) is 0.902. The molecule has 7 heteroatoms. The minimum Gasteiger partial charge on any atom is -0.438 e. The van der Waals surface area contributed by atoms with Crippen molar-refractivity contribution in [3.05, 3.63) is 47.7 Å². The molecule has 0 unspecified atom stereocenters. The number of rotatable bonds is 3. The van der Waals surface area contributed by atoms with E-state index in [1.165, 1.54) is 6.39 Å². The first kappa shape index (κ1) is 15.6. The molecule has 1 aromatic carbocycles. The van der Waals surface area contributed by atoms with Gasteiger partial charge in [0.05, 0.1) is 11.2 Å². The molecule has 2 heterocycles. The Kier molecular flexibility index (Phi) is 4.12. The molecule has 0 bridgehead atoms. The Morgan fingerprint density at radius 1 is 1.48 bits per heavy atom. The predicted molar refractivity (Wildman–Crippen MR) is 91.7 cm³/mol. The summed E-state index contributed by atoms with van der Waals surface area (Å²) in [5.41, 5.74) is 7.78. The van der Waals surface area contributed by atoms with Gasteiger partial charge in [0, 0.05) is 11.4 Å². The lowest BCUT2D eigenvalue weighted by Gasteiger charge is -2.30. The van der Waals surface area contributed by atoms with E-state index in [1.807, 2.05) is 24.3 Å². The average Bonchev–Trinajstić information content (AvgIpc) is 2.93. The van der Waals surface area contributed by atoms with Crippen LogP contribution >= 0.6 is 11.8 Å². The monoisotopic (exact) mass is 330 g/mol. The highest BCUT2D eigenvalue weighted by atomic mass is 32.2. The number of carbonyl (C=O) groups is 1. The number of nitrogens with two attached hydrogens (primary N) is 1. The highest BCUT2D eigenvalue weighted by molar-refractivity contribution is 8.13. The topological polar surface area (TPSA) is 93.5 Å². The molecule has 0 saturated heterocycles. The molecule has 0 fully saturated rings. The van der Waals surface area contributed by atoms with Crippen LogP contribution in [0, 0.1) is 6.92 Å². The van der Waals surface area contributed by atoms with Gasteiger partial charge in [-0.1, -0.05) is 23.9 Å². The van der Waals surface area contributed by atoms with Gasteiger partial charge in [0.1, 0.15) is 0 Å². The summed E-state index contributed by atoms with van der Waals surface area (Å²) in [4.78, 5) is 20.7. The number of nitrogens with zero attached hydrogens (tertiary/aromatic N) is 2. The highest BCUT2D eigenvalue weighted by Crippen LogP contribution is 2.35. The van der Waals surface area contributed by atoms with E-state index < -0.39 is 0 Å². The van der Waals surface area contributed by atoms with Gasteiger partial charge in [-0.3, -0.25) is 9.79 Å². The molecule has 23 heavy (non-hydrogen) atoms. The number of amides is 1. The molecule has 1 amide bonds. The standard InChI is InChI=1S/C16H18N4O2S/c1-10-13(22-9-18-10)14(21)19-12-5-3-4-11(8-12)16(2)6-7-23-15(17)20-16/h3-5,8-9H,6-7H2,1-2H3,(H2,17,20)(H,19,21)/t16-/m0/s1. The molecule has 3 rings (SSSR count). The van der Waals surface area contributed by atoms with Crippen LogP contribution in [0.2, 0.25) is 0 Å². The van der Waals surface area contributed by atoms with E-state index in [0.29, 0.717) is 16.5 Å². The molecule has 0 spiro atoms. The molecular weight excluding hydrogens is 312 g/mol. The third kappa shape index (κ3) is 3.24. The fourth-order valence-corrected chi connectivity index (χ4v) is 3.51. The Morgan fingerprint density at radius 2 is 2.30 bits per heavy atom. The Bertz CT molecular complexity index is 771. The van der Waals surface area contributed by atoms with Gasteiger partial charge in [-0.05, 0) is 38.0 Å². The Labute approximate surface area is 138 Å². The van der Waals surface area contributed by atoms with Crippen LogP contribution in [0.4, 0.5) is 5.69 Å². The fourth-order valence-electron chi connectivity index (χ4n) is 2.53. The summed E-state index contributed by atoms with van der Waals surface area (Å²) >= 11 is 1.57. The number of hydrogen-bond donors (Lipinski definition) is 2. The van der Waals surface area contributed by atoms with E-state index in [9.17, 15) is 4.79 Å². The minimum atomic E-state index is -0.363. The summed E-state index contributed by atoms with van der Waals surface area (Å²) < 4.78 is 5.11. The smallest absolute Gasteiger partial charge is 0.293 e. The van der Waals surface area contributed by atoms with Gasteiger partial charge in [-0.15, -0.1) is 0 Å². The first-order valence-corrected chi connectivity index (χ1v) is 8.26. The van der Waals surface area contributed by atoms with Crippen molar-refractivity contribution in [1.29, 1.82) is 0 Å². The summed E-state index contributed by atoms with van der Waals surface area (Å²) in [6.07, 6.45) is 2.16. The van der Waals surface area contributed by atoms with E-state index in [4.69, 9.17) is 10.2 Å². The van der Waals surface area contributed by atoms with Gasteiger partial charge in [0.2, 0.25) is 5.76 Å². The van der Waals surface area contributed by atoms with Gasteiger partial charge >= 0.3 is 0 Å². The zero-order chi connectivity index (χ0) is 16.4. The van der Waals surface area contributed by atoms with Crippen molar-refractivity contribution < 1.29 is 9.21 Å². The zero-order valence-corrected chi connectivity index (χ0v) is 13.8. The number of oxazole rings is 1. The number of aromatic nitrogens is 1. The number of anilines is 1. The van der Waals surface area contributed by atoms with Crippen LogP contribution < -0.4 is 11.1 Å². The molecule has 2 aromatic rings. The third-order valence-electron chi connectivity index (χ3n) is 3.89. The van der Waals surface area contributed by atoms with E-state index in [0.717, 1.165) is 17.7 Å². The molecular formula is C16H18N4O2S.